The molecule has 0 radical (unpaired) electrons. The van der Waals surface area contributed by atoms with Crippen molar-refractivity contribution in [3.05, 3.63) is 58.3 Å². The molecule has 4 heteroatoms. The SMILES string of the molecule is CCNC(C)c1cccc(OCc2ccc(Br)cn2)c1. The topological polar surface area (TPSA) is 34.1 Å². The Morgan fingerprint density at radius 1 is 1.30 bits per heavy atom. The number of nitrogens with zero attached hydrogens (tertiary/aromatic N) is 1. The molecule has 2 rings (SSSR count). The van der Waals surface area contributed by atoms with Gasteiger partial charge < -0.3 is 10.1 Å². The molecule has 0 saturated heterocycles. The quantitative estimate of drug-likeness (QED) is 0.863. The first kappa shape index (κ1) is 15.0. The molecule has 1 atom stereocenters. The highest BCUT2D eigenvalue weighted by Gasteiger charge is 2.05. The van der Waals surface area contributed by atoms with Gasteiger partial charge in [0, 0.05) is 16.7 Å². The van der Waals surface area contributed by atoms with Gasteiger partial charge in [-0.15, -0.1) is 0 Å². The molecule has 1 heterocycles. The van der Waals surface area contributed by atoms with Crippen molar-refractivity contribution < 1.29 is 4.74 Å². The minimum absolute atomic E-state index is 0.328. The molecule has 0 aliphatic carbocycles. The van der Waals surface area contributed by atoms with Crippen molar-refractivity contribution in [2.24, 2.45) is 0 Å². The molecule has 1 aromatic carbocycles. The summed E-state index contributed by atoms with van der Waals surface area (Å²) in [7, 11) is 0. The third kappa shape index (κ3) is 4.32. The van der Waals surface area contributed by atoms with E-state index in [1.807, 2.05) is 24.3 Å². The molecule has 0 amide bonds. The lowest BCUT2D eigenvalue weighted by atomic mass is 10.1. The minimum atomic E-state index is 0.328. The summed E-state index contributed by atoms with van der Waals surface area (Å²) in [6.45, 7) is 5.69. The molecule has 1 N–H and O–H groups in total. The second-order valence-corrected chi connectivity index (χ2v) is 5.52. The molecular formula is C16H19BrN2O. The van der Waals surface area contributed by atoms with Gasteiger partial charge in [0.2, 0.25) is 0 Å². The molecular weight excluding hydrogens is 316 g/mol. The van der Waals surface area contributed by atoms with Gasteiger partial charge in [-0.25, -0.2) is 0 Å². The lowest BCUT2D eigenvalue weighted by molar-refractivity contribution is 0.300. The smallest absolute Gasteiger partial charge is 0.130 e. The Labute approximate surface area is 128 Å². The Kier molecular flexibility index (Phi) is 5.56. The summed E-state index contributed by atoms with van der Waals surface area (Å²) >= 11 is 3.37. The van der Waals surface area contributed by atoms with E-state index in [0.717, 1.165) is 22.5 Å². The Balaban J connectivity index is 1.99. The van der Waals surface area contributed by atoms with Crippen LogP contribution in [0, 0.1) is 0 Å². The monoisotopic (exact) mass is 334 g/mol. The van der Waals surface area contributed by atoms with Gasteiger partial charge in [0.05, 0.1) is 5.69 Å². The molecule has 20 heavy (non-hydrogen) atoms. The van der Waals surface area contributed by atoms with Crippen LogP contribution in [0.4, 0.5) is 0 Å². The average molecular weight is 335 g/mol. The number of ether oxygens (including phenoxy) is 1. The zero-order valence-corrected chi connectivity index (χ0v) is 13.4. The van der Waals surface area contributed by atoms with Crippen LogP contribution >= 0.6 is 15.9 Å². The van der Waals surface area contributed by atoms with E-state index < -0.39 is 0 Å². The van der Waals surface area contributed by atoms with Gasteiger partial charge in [0.25, 0.3) is 0 Å². The number of nitrogens with one attached hydrogen (secondary N) is 1. The van der Waals surface area contributed by atoms with Crippen LogP contribution in [0.1, 0.15) is 31.1 Å². The van der Waals surface area contributed by atoms with Crippen molar-refractivity contribution in [2.45, 2.75) is 26.5 Å². The number of rotatable bonds is 6. The molecule has 2 aromatic rings. The minimum Gasteiger partial charge on any atom is -0.487 e. The molecule has 1 unspecified atom stereocenters. The summed E-state index contributed by atoms with van der Waals surface area (Å²) in [5.74, 6) is 0.872. The van der Waals surface area contributed by atoms with Crippen molar-refractivity contribution in [1.82, 2.24) is 10.3 Å². The second-order valence-electron chi connectivity index (χ2n) is 4.61. The highest BCUT2D eigenvalue weighted by atomic mass is 79.9. The molecule has 106 valence electrons. The summed E-state index contributed by atoms with van der Waals surface area (Å²) < 4.78 is 6.77. The zero-order valence-electron chi connectivity index (χ0n) is 11.8. The van der Waals surface area contributed by atoms with E-state index in [-0.39, 0.29) is 0 Å². The van der Waals surface area contributed by atoms with E-state index in [4.69, 9.17) is 4.74 Å². The van der Waals surface area contributed by atoms with Gasteiger partial charge in [0.15, 0.2) is 0 Å². The van der Waals surface area contributed by atoms with Crippen LogP contribution < -0.4 is 10.1 Å². The molecule has 3 nitrogen and oxygen atoms in total. The van der Waals surface area contributed by atoms with Crippen molar-refractivity contribution in [3.8, 4) is 5.75 Å². The fourth-order valence-corrected chi connectivity index (χ4v) is 2.18. The summed E-state index contributed by atoms with van der Waals surface area (Å²) in [6.07, 6.45) is 1.78. The first-order valence-electron chi connectivity index (χ1n) is 6.75. The van der Waals surface area contributed by atoms with Crippen LogP contribution in [0.3, 0.4) is 0 Å². The molecule has 0 spiro atoms. The van der Waals surface area contributed by atoms with E-state index in [1.54, 1.807) is 6.20 Å². The number of hydrogen-bond donors (Lipinski definition) is 1. The molecule has 0 aliphatic heterocycles. The number of aromatic nitrogens is 1. The van der Waals surface area contributed by atoms with Crippen LogP contribution in [0.5, 0.6) is 5.75 Å². The normalized spacial score (nSPS) is 12.2. The highest BCUT2D eigenvalue weighted by molar-refractivity contribution is 9.10. The summed E-state index contributed by atoms with van der Waals surface area (Å²) in [4.78, 5) is 4.30. The maximum absolute atomic E-state index is 5.80. The fraction of sp³-hybridized carbons (Fsp3) is 0.312. The molecule has 0 bridgehead atoms. The van der Waals surface area contributed by atoms with Crippen LogP contribution in [-0.4, -0.2) is 11.5 Å². The predicted octanol–water partition coefficient (Wildman–Crippen LogP) is 4.09. The van der Waals surface area contributed by atoms with E-state index >= 15 is 0 Å². The Hall–Kier alpha value is -1.39. The molecule has 0 fully saturated rings. The van der Waals surface area contributed by atoms with Gasteiger partial charge in [-0.05, 0) is 59.2 Å². The molecule has 0 aliphatic rings. The fourth-order valence-electron chi connectivity index (χ4n) is 1.95. The predicted molar refractivity (Wildman–Crippen MR) is 84.8 cm³/mol. The summed E-state index contributed by atoms with van der Waals surface area (Å²) in [5, 5.41) is 3.40. The Morgan fingerprint density at radius 2 is 2.15 bits per heavy atom. The van der Waals surface area contributed by atoms with Crippen molar-refractivity contribution in [2.75, 3.05) is 6.54 Å². The third-order valence-corrected chi connectivity index (χ3v) is 3.51. The van der Waals surface area contributed by atoms with Crippen molar-refractivity contribution in [1.29, 1.82) is 0 Å². The molecule has 0 saturated carbocycles. The third-order valence-electron chi connectivity index (χ3n) is 3.04. The number of halogens is 1. The first-order valence-corrected chi connectivity index (χ1v) is 7.55. The lowest BCUT2D eigenvalue weighted by Crippen LogP contribution is -2.17. The van der Waals surface area contributed by atoms with Crippen LogP contribution in [0.15, 0.2) is 47.1 Å². The zero-order chi connectivity index (χ0) is 14.4. The van der Waals surface area contributed by atoms with Crippen molar-refractivity contribution in [3.63, 3.8) is 0 Å². The van der Waals surface area contributed by atoms with Crippen LogP contribution in [0.25, 0.3) is 0 Å². The number of pyridine rings is 1. The standard InChI is InChI=1S/C16H19BrN2O/c1-3-18-12(2)13-5-4-6-16(9-13)20-11-15-8-7-14(17)10-19-15/h4-10,12,18H,3,11H2,1-2H3. The lowest BCUT2D eigenvalue weighted by Gasteiger charge is -2.14. The average Bonchev–Trinajstić information content (AvgIpc) is 2.47. The highest BCUT2D eigenvalue weighted by Crippen LogP contribution is 2.20. The largest absolute Gasteiger partial charge is 0.487 e. The number of benzene rings is 1. The van der Waals surface area contributed by atoms with Gasteiger partial charge in [0.1, 0.15) is 12.4 Å². The van der Waals surface area contributed by atoms with Crippen LogP contribution in [0.2, 0.25) is 0 Å². The van der Waals surface area contributed by atoms with E-state index in [0.29, 0.717) is 12.6 Å². The van der Waals surface area contributed by atoms with Crippen molar-refractivity contribution >= 4 is 15.9 Å². The summed E-state index contributed by atoms with van der Waals surface area (Å²) in [6, 6.07) is 12.4. The van der Waals surface area contributed by atoms with Gasteiger partial charge in [-0.3, -0.25) is 4.98 Å². The van der Waals surface area contributed by atoms with Gasteiger partial charge >= 0.3 is 0 Å². The summed E-state index contributed by atoms with van der Waals surface area (Å²) in [5.41, 5.74) is 2.14. The number of hydrogen-bond acceptors (Lipinski definition) is 3. The van der Waals surface area contributed by atoms with Crippen LogP contribution in [-0.2, 0) is 6.61 Å². The first-order chi connectivity index (χ1) is 9.69. The second kappa shape index (κ2) is 7.41. The van der Waals surface area contributed by atoms with Gasteiger partial charge in [-0.2, -0.15) is 0 Å². The van der Waals surface area contributed by atoms with E-state index in [9.17, 15) is 0 Å². The maximum Gasteiger partial charge on any atom is 0.130 e. The Morgan fingerprint density at radius 3 is 2.85 bits per heavy atom. The molecule has 1 aromatic heterocycles. The Bertz CT molecular complexity index is 542. The maximum atomic E-state index is 5.80. The van der Waals surface area contributed by atoms with E-state index in [2.05, 4.69) is 52.2 Å². The van der Waals surface area contributed by atoms with E-state index in [1.165, 1.54) is 5.56 Å². The van der Waals surface area contributed by atoms with Gasteiger partial charge in [-0.1, -0.05) is 19.1 Å².